The minimum atomic E-state index is 0.0580. The number of amides is 1. The first-order valence-electron chi connectivity index (χ1n) is 9.35. The van der Waals surface area contributed by atoms with Gasteiger partial charge in [-0.05, 0) is 49.8 Å². The van der Waals surface area contributed by atoms with Gasteiger partial charge >= 0.3 is 0 Å². The largest absolute Gasteiger partial charge is 0.353 e. The van der Waals surface area contributed by atoms with Gasteiger partial charge in [0.15, 0.2) is 0 Å². The van der Waals surface area contributed by atoms with E-state index in [-0.39, 0.29) is 5.91 Å². The summed E-state index contributed by atoms with van der Waals surface area (Å²) in [6.07, 6.45) is 3.29. The van der Waals surface area contributed by atoms with Crippen LogP contribution < -0.4 is 4.90 Å². The molecule has 5 nitrogen and oxygen atoms in total. The number of hydrogen-bond acceptors (Lipinski definition) is 2. The molecule has 0 aliphatic heterocycles. The fraction of sp³-hybridized carbons (Fsp3) is 0.429. The van der Waals surface area contributed by atoms with Crippen LogP contribution in [0.25, 0.3) is 22.3 Å². The third kappa shape index (κ3) is 2.81. The van der Waals surface area contributed by atoms with Gasteiger partial charge in [-0.1, -0.05) is 19.9 Å². The number of anilines is 1. The van der Waals surface area contributed by atoms with E-state index in [0.717, 1.165) is 40.8 Å². The highest BCUT2D eigenvalue weighted by molar-refractivity contribution is 5.95. The van der Waals surface area contributed by atoms with Crippen molar-refractivity contribution in [2.75, 3.05) is 11.4 Å². The number of fused-ring (bicyclic) bond motifs is 2. The normalized spacial score (nSPS) is 15.8. The van der Waals surface area contributed by atoms with Crippen LogP contribution >= 0.6 is 0 Å². The summed E-state index contributed by atoms with van der Waals surface area (Å²) < 4.78 is 0. The third-order valence-electron chi connectivity index (χ3n) is 5.53. The Labute approximate surface area is 153 Å². The molecule has 0 saturated heterocycles. The topological polar surface area (TPSA) is 64.8 Å². The van der Waals surface area contributed by atoms with E-state index < -0.39 is 0 Å². The molecule has 5 heteroatoms. The summed E-state index contributed by atoms with van der Waals surface area (Å²) in [4.78, 5) is 17.1. The Kier molecular flexibility index (Phi) is 3.90. The smallest absolute Gasteiger partial charge is 0.223 e. The molecule has 0 saturated carbocycles. The van der Waals surface area contributed by atoms with Crippen molar-refractivity contribution < 1.29 is 4.79 Å². The maximum Gasteiger partial charge on any atom is 0.223 e. The summed E-state index contributed by atoms with van der Waals surface area (Å²) in [7, 11) is 0. The number of nitrogens with zero attached hydrogens (tertiary/aromatic N) is 2. The number of carbonyl (C=O) groups excluding carboxylic acids is 1. The molecule has 0 spiro atoms. The number of benzene rings is 1. The summed E-state index contributed by atoms with van der Waals surface area (Å²) in [5.74, 6) is 0.0580. The van der Waals surface area contributed by atoms with Crippen LogP contribution in [0.3, 0.4) is 0 Å². The minimum Gasteiger partial charge on any atom is -0.353 e. The van der Waals surface area contributed by atoms with Crippen molar-refractivity contribution in [2.24, 2.45) is 5.41 Å². The molecular formula is C21H26N4O. The van der Waals surface area contributed by atoms with E-state index in [1.807, 2.05) is 19.1 Å². The predicted octanol–water partition coefficient (Wildman–Crippen LogP) is 4.45. The van der Waals surface area contributed by atoms with Gasteiger partial charge in [0.25, 0.3) is 0 Å². The van der Waals surface area contributed by atoms with E-state index in [1.54, 1.807) is 11.8 Å². The molecule has 1 aliphatic carbocycles. The van der Waals surface area contributed by atoms with Crippen molar-refractivity contribution in [1.82, 2.24) is 15.2 Å². The number of aromatic amines is 2. The Bertz CT molecular complexity index is 979. The molecule has 3 aromatic rings. The standard InChI is InChI=1S/C21H26N4O/c1-5-25(13(2)26)15-7-6-14-10-18(22-17(14)11-15)20-16-8-9-21(3,4)12-19(16)23-24-20/h6-7,10-11,22H,5,8-9,12H2,1-4H3,(H,23,24). The van der Waals surface area contributed by atoms with Crippen molar-refractivity contribution in [3.63, 3.8) is 0 Å². The summed E-state index contributed by atoms with van der Waals surface area (Å²) in [5.41, 5.74) is 6.98. The lowest BCUT2D eigenvalue weighted by Crippen LogP contribution is -2.27. The van der Waals surface area contributed by atoms with Crippen molar-refractivity contribution in [1.29, 1.82) is 0 Å². The molecule has 2 heterocycles. The quantitative estimate of drug-likeness (QED) is 0.733. The second-order valence-electron chi connectivity index (χ2n) is 8.09. The second-order valence-corrected chi connectivity index (χ2v) is 8.09. The average Bonchev–Trinajstić information content (AvgIpc) is 3.16. The predicted molar refractivity (Wildman–Crippen MR) is 105 cm³/mol. The van der Waals surface area contributed by atoms with E-state index in [1.165, 1.54) is 17.7 Å². The maximum atomic E-state index is 11.8. The zero-order valence-corrected chi connectivity index (χ0v) is 15.9. The van der Waals surface area contributed by atoms with E-state index in [4.69, 9.17) is 0 Å². The van der Waals surface area contributed by atoms with Gasteiger partial charge in [0.1, 0.15) is 5.69 Å². The fourth-order valence-electron chi connectivity index (χ4n) is 4.07. The number of H-pyrrole nitrogens is 2. The Morgan fingerprint density at radius 3 is 2.85 bits per heavy atom. The molecule has 0 bridgehead atoms. The molecule has 2 N–H and O–H groups in total. The highest BCUT2D eigenvalue weighted by Gasteiger charge is 2.29. The first-order valence-corrected chi connectivity index (χ1v) is 9.35. The number of carbonyl (C=O) groups is 1. The third-order valence-corrected chi connectivity index (χ3v) is 5.53. The number of nitrogens with one attached hydrogen (secondary N) is 2. The Hall–Kier alpha value is -2.56. The van der Waals surface area contributed by atoms with Gasteiger partial charge in [-0.2, -0.15) is 5.10 Å². The second kappa shape index (κ2) is 6.01. The minimum absolute atomic E-state index is 0.0580. The van der Waals surface area contributed by atoms with Gasteiger partial charge < -0.3 is 9.88 Å². The van der Waals surface area contributed by atoms with Crippen molar-refractivity contribution in [3.05, 3.63) is 35.5 Å². The van der Waals surface area contributed by atoms with Crippen LogP contribution in [-0.2, 0) is 17.6 Å². The van der Waals surface area contributed by atoms with Gasteiger partial charge in [-0.25, -0.2) is 0 Å². The first kappa shape index (κ1) is 16.9. The molecule has 4 rings (SSSR count). The van der Waals surface area contributed by atoms with Crippen LogP contribution in [0.2, 0.25) is 0 Å². The van der Waals surface area contributed by atoms with E-state index in [9.17, 15) is 4.79 Å². The molecular weight excluding hydrogens is 324 g/mol. The van der Waals surface area contributed by atoms with Crippen molar-refractivity contribution >= 4 is 22.5 Å². The first-order chi connectivity index (χ1) is 12.4. The Balaban J connectivity index is 1.73. The zero-order chi connectivity index (χ0) is 18.5. The molecule has 0 unspecified atom stereocenters. The SMILES string of the molecule is CCN(C(C)=O)c1ccc2cc(-c3n[nH]c4c3CCC(C)(C)C4)[nH]c2c1. The number of rotatable bonds is 3. The van der Waals surface area contributed by atoms with Gasteiger partial charge in [0.2, 0.25) is 5.91 Å². The van der Waals surface area contributed by atoms with Crippen molar-refractivity contribution in [3.8, 4) is 11.4 Å². The lowest BCUT2D eigenvalue weighted by atomic mass is 9.76. The van der Waals surface area contributed by atoms with Gasteiger partial charge in [-0.15, -0.1) is 0 Å². The lowest BCUT2D eigenvalue weighted by Gasteiger charge is -2.28. The van der Waals surface area contributed by atoms with E-state index in [0.29, 0.717) is 12.0 Å². The molecule has 1 aromatic carbocycles. The van der Waals surface area contributed by atoms with Crippen LogP contribution in [0.1, 0.15) is 45.4 Å². The lowest BCUT2D eigenvalue weighted by molar-refractivity contribution is -0.116. The van der Waals surface area contributed by atoms with E-state index in [2.05, 4.69) is 41.2 Å². The van der Waals surface area contributed by atoms with Crippen LogP contribution in [0.5, 0.6) is 0 Å². The number of hydrogen-bond donors (Lipinski definition) is 2. The summed E-state index contributed by atoms with van der Waals surface area (Å²) in [5, 5.41) is 9.00. The molecule has 0 fully saturated rings. The molecule has 1 aliphatic rings. The summed E-state index contributed by atoms with van der Waals surface area (Å²) >= 11 is 0. The van der Waals surface area contributed by atoms with Crippen LogP contribution in [0.4, 0.5) is 5.69 Å². The van der Waals surface area contributed by atoms with Crippen LogP contribution in [0, 0.1) is 5.41 Å². The fourth-order valence-corrected chi connectivity index (χ4v) is 4.07. The molecule has 2 aromatic heterocycles. The van der Waals surface area contributed by atoms with E-state index >= 15 is 0 Å². The van der Waals surface area contributed by atoms with Crippen LogP contribution in [-0.4, -0.2) is 27.6 Å². The summed E-state index contributed by atoms with van der Waals surface area (Å²) in [6.45, 7) is 8.89. The maximum absolute atomic E-state index is 11.8. The molecule has 0 atom stereocenters. The van der Waals surface area contributed by atoms with Gasteiger partial charge in [0, 0.05) is 41.3 Å². The van der Waals surface area contributed by atoms with Crippen molar-refractivity contribution in [2.45, 2.75) is 47.0 Å². The average molecular weight is 350 g/mol. The van der Waals surface area contributed by atoms with Gasteiger partial charge in [0.05, 0.1) is 5.69 Å². The van der Waals surface area contributed by atoms with Crippen LogP contribution in [0.15, 0.2) is 24.3 Å². The molecule has 1 amide bonds. The Morgan fingerprint density at radius 2 is 2.12 bits per heavy atom. The Morgan fingerprint density at radius 1 is 1.31 bits per heavy atom. The number of aromatic nitrogens is 3. The summed E-state index contributed by atoms with van der Waals surface area (Å²) in [6, 6.07) is 8.27. The van der Waals surface area contributed by atoms with Gasteiger partial charge in [-0.3, -0.25) is 9.89 Å². The molecule has 26 heavy (non-hydrogen) atoms. The molecule has 136 valence electrons. The highest BCUT2D eigenvalue weighted by atomic mass is 16.2. The highest BCUT2D eigenvalue weighted by Crippen LogP contribution is 2.38. The monoisotopic (exact) mass is 350 g/mol. The zero-order valence-electron chi connectivity index (χ0n) is 15.9. The molecule has 0 radical (unpaired) electrons.